The predicted octanol–water partition coefficient (Wildman–Crippen LogP) is 0.903. The Morgan fingerprint density at radius 3 is 2.34 bits per heavy atom. The van der Waals surface area contributed by atoms with Gasteiger partial charge in [0.05, 0.1) is 17.0 Å². The lowest BCUT2D eigenvalue weighted by atomic mass is 10.1. The summed E-state index contributed by atoms with van der Waals surface area (Å²) in [5.41, 5.74) is -0.430. The van der Waals surface area contributed by atoms with Crippen LogP contribution in [0.1, 0.15) is 45.0 Å². The van der Waals surface area contributed by atoms with Crippen LogP contribution in [0.25, 0.3) is 0 Å². The van der Waals surface area contributed by atoms with Gasteiger partial charge in [0.15, 0.2) is 6.61 Å². The lowest BCUT2D eigenvalue weighted by molar-refractivity contribution is -0.137. The lowest BCUT2D eigenvalue weighted by Crippen LogP contribution is -2.46. The zero-order chi connectivity index (χ0) is 22.4. The van der Waals surface area contributed by atoms with Crippen LogP contribution in [0.2, 0.25) is 0 Å². The average Bonchev–Trinajstić information content (AvgIpc) is 2.56. The molecule has 10 heteroatoms. The van der Waals surface area contributed by atoms with Crippen molar-refractivity contribution in [2.45, 2.75) is 51.1 Å². The molecule has 0 aliphatic rings. The number of amides is 2. The third-order valence-corrected chi connectivity index (χ3v) is 5.07. The smallest absolute Gasteiger partial charge is 0.338 e. The molecular weight excluding hydrogens is 398 g/mol. The maximum absolute atomic E-state index is 12.2. The number of rotatable bonds is 8. The van der Waals surface area contributed by atoms with Crippen molar-refractivity contribution in [3.05, 3.63) is 29.8 Å². The molecule has 0 aliphatic heterocycles. The highest BCUT2D eigenvalue weighted by molar-refractivity contribution is 7.89. The number of sulfonamides is 1. The molecule has 0 radical (unpaired) electrons. The molecule has 0 saturated carbocycles. The molecule has 0 unspecified atom stereocenters. The van der Waals surface area contributed by atoms with E-state index in [4.69, 9.17) is 4.74 Å². The van der Waals surface area contributed by atoms with Gasteiger partial charge in [-0.05, 0) is 52.8 Å². The standard InChI is InChI=1S/C19H29N3O6S/c1-13(2)21-29(26,27)15-9-7-8-14(10-15)18(25)28-12-17(24)22(6)11-16(23)20-19(3,4)5/h7-10,13,21H,11-12H2,1-6H3,(H,20,23). The summed E-state index contributed by atoms with van der Waals surface area (Å²) < 4.78 is 31.8. The van der Waals surface area contributed by atoms with Gasteiger partial charge in [-0.3, -0.25) is 9.59 Å². The Kier molecular flexibility index (Phi) is 8.34. The average molecular weight is 428 g/mol. The van der Waals surface area contributed by atoms with Crippen LogP contribution in [0.3, 0.4) is 0 Å². The van der Waals surface area contributed by atoms with E-state index in [1.54, 1.807) is 13.8 Å². The largest absolute Gasteiger partial charge is 0.452 e. The first kappa shape index (κ1) is 24.6. The number of esters is 1. The third kappa shape index (κ3) is 8.61. The van der Waals surface area contributed by atoms with E-state index in [1.807, 2.05) is 20.8 Å². The van der Waals surface area contributed by atoms with Crippen LogP contribution in [0.15, 0.2) is 29.2 Å². The summed E-state index contributed by atoms with van der Waals surface area (Å²) in [5.74, 6) is -1.74. The van der Waals surface area contributed by atoms with Crippen molar-refractivity contribution in [3.63, 3.8) is 0 Å². The van der Waals surface area contributed by atoms with Gasteiger partial charge in [-0.15, -0.1) is 0 Å². The molecule has 0 heterocycles. The van der Waals surface area contributed by atoms with Crippen molar-refractivity contribution in [3.8, 4) is 0 Å². The molecule has 0 aromatic heterocycles. The highest BCUT2D eigenvalue weighted by Gasteiger charge is 2.21. The Bertz CT molecular complexity index is 859. The van der Waals surface area contributed by atoms with Gasteiger partial charge >= 0.3 is 5.97 Å². The molecule has 9 nitrogen and oxygen atoms in total. The Hall–Kier alpha value is -2.46. The van der Waals surface area contributed by atoms with Crippen LogP contribution < -0.4 is 10.0 Å². The second-order valence-corrected chi connectivity index (χ2v) is 9.64. The fourth-order valence-electron chi connectivity index (χ4n) is 2.25. The second kappa shape index (κ2) is 9.84. The van der Waals surface area contributed by atoms with Gasteiger partial charge in [0, 0.05) is 18.6 Å². The molecule has 0 atom stereocenters. The summed E-state index contributed by atoms with van der Waals surface area (Å²) in [7, 11) is -2.35. The molecule has 0 fully saturated rings. The summed E-state index contributed by atoms with van der Waals surface area (Å²) in [6, 6.07) is 5.03. The molecule has 0 bridgehead atoms. The van der Waals surface area contributed by atoms with E-state index >= 15 is 0 Å². The van der Waals surface area contributed by atoms with Crippen LogP contribution in [-0.4, -0.2) is 62.9 Å². The Balaban J connectivity index is 2.70. The molecule has 2 N–H and O–H groups in total. The monoisotopic (exact) mass is 427 g/mol. The normalized spacial score (nSPS) is 11.8. The van der Waals surface area contributed by atoms with Crippen molar-refractivity contribution >= 4 is 27.8 Å². The van der Waals surface area contributed by atoms with E-state index in [0.29, 0.717) is 0 Å². The highest BCUT2D eigenvalue weighted by atomic mass is 32.2. The fourth-order valence-corrected chi connectivity index (χ4v) is 3.55. The van der Waals surface area contributed by atoms with E-state index in [9.17, 15) is 22.8 Å². The molecule has 2 amide bonds. The van der Waals surface area contributed by atoms with Gasteiger partial charge in [0.2, 0.25) is 15.9 Å². The molecule has 162 valence electrons. The van der Waals surface area contributed by atoms with Gasteiger partial charge in [-0.1, -0.05) is 6.07 Å². The minimum atomic E-state index is -3.77. The van der Waals surface area contributed by atoms with Crippen LogP contribution in [0, 0.1) is 0 Å². The quantitative estimate of drug-likeness (QED) is 0.595. The van der Waals surface area contributed by atoms with E-state index < -0.39 is 34.0 Å². The summed E-state index contributed by atoms with van der Waals surface area (Å²) in [5, 5.41) is 2.73. The molecule has 1 aromatic carbocycles. The molecular formula is C19H29N3O6S. The van der Waals surface area contributed by atoms with Gasteiger partial charge in [0.1, 0.15) is 0 Å². The zero-order valence-electron chi connectivity index (χ0n) is 17.6. The molecule has 0 spiro atoms. The van der Waals surface area contributed by atoms with Gasteiger partial charge < -0.3 is 15.0 Å². The first-order valence-electron chi connectivity index (χ1n) is 9.06. The number of ether oxygens (including phenoxy) is 1. The Labute approximate surface area is 171 Å². The molecule has 0 aliphatic carbocycles. The Morgan fingerprint density at radius 2 is 1.79 bits per heavy atom. The first-order valence-corrected chi connectivity index (χ1v) is 10.5. The van der Waals surface area contributed by atoms with Crippen LogP contribution in [-0.2, 0) is 24.3 Å². The number of nitrogens with zero attached hydrogens (tertiary/aromatic N) is 1. The van der Waals surface area contributed by atoms with Gasteiger partial charge in [-0.2, -0.15) is 0 Å². The number of carbonyl (C=O) groups excluding carboxylic acids is 3. The summed E-state index contributed by atoms with van der Waals surface area (Å²) in [4.78, 5) is 37.2. The van der Waals surface area contributed by atoms with E-state index in [1.165, 1.54) is 31.3 Å². The first-order chi connectivity index (χ1) is 13.2. The molecule has 1 rings (SSSR count). The number of benzene rings is 1. The predicted molar refractivity (Wildman–Crippen MR) is 108 cm³/mol. The topological polar surface area (TPSA) is 122 Å². The molecule has 1 aromatic rings. The van der Waals surface area contributed by atoms with Gasteiger partial charge in [0.25, 0.3) is 5.91 Å². The summed E-state index contributed by atoms with van der Waals surface area (Å²) in [6.45, 7) is 8.07. The van der Waals surface area contributed by atoms with Gasteiger partial charge in [-0.25, -0.2) is 17.9 Å². The second-order valence-electron chi connectivity index (χ2n) is 7.93. The van der Waals surface area contributed by atoms with Crippen molar-refractivity contribution in [2.24, 2.45) is 0 Å². The van der Waals surface area contributed by atoms with Crippen LogP contribution >= 0.6 is 0 Å². The van der Waals surface area contributed by atoms with Crippen molar-refractivity contribution in [1.82, 2.24) is 14.9 Å². The van der Waals surface area contributed by atoms with Crippen LogP contribution in [0.5, 0.6) is 0 Å². The number of carbonyl (C=O) groups is 3. The highest BCUT2D eigenvalue weighted by Crippen LogP contribution is 2.13. The lowest BCUT2D eigenvalue weighted by Gasteiger charge is -2.23. The maximum atomic E-state index is 12.2. The van der Waals surface area contributed by atoms with Crippen molar-refractivity contribution in [1.29, 1.82) is 0 Å². The number of nitrogens with one attached hydrogen (secondary N) is 2. The van der Waals surface area contributed by atoms with E-state index in [0.717, 1.165) is 4.90 Å². The summed E-state index contributed by atoms with van der Waals surface area (Å²) >= 11 is 0. The number of likely N-dealkylation sites (N-methyl/N-ethyl adjacent to an activating group) is 1. The Morgan fingerprint density at radius 1 is 1.17 bits per heavy atom. The third-order valence-electron chi connectivity index (χ3n) is 3.42. The summed E-state index contributed by atoms with van der Waals surface area (Å²) in [6.07, 6.45) is 0. The van der Waals surface area contributed by atoms with E-state index in [-0.39, 0.29) is 29.0 Å². The minimum Gasteiger partial charge on any atom is -0.452 e. The zero-order valence-corrected chi connectivity index (χ0v) is 18.4. The number of hydrogen-bond donors (Lipinski definition) is 2. The fraction of sp³-hybridized carbons (Fsp3) is 0.526. The van der Waals surface area contributed by atoms with E-state index in [2.05, 4.69) is 10.0 Å². The molecule has 0 saturated heterocycles. The molecule has 29 heavy (non-hydrogen) atoms. The SMILES string of the molecule is CC(C)NS(=O)(=O)c1cccc(C(=O)OCC(=O)N(C)CC(=O)NC(C)(C)C)c1. The maximum Gasteiger partial charge on any atom is 0.338 e. The number of hydrogen-bond acceptors (Lipinski definition) is 6. The van der Waals surface area contributed by atoms with Crippen LogP contribution in [0.4, 0.5) is 0 Å². The van der Waals surface area contributed by atoms with Crippen molar-refractivity contribution < 1.29 is 27.5 Å². The van der Waals surface area contributed by atoms with Crippen molar-refractivity contribution in [2.75, 3.05) is 20.2 Å². The minimum absolute atomic E-state index is 0.00226.